The van der Waals surface area contributed by atoms with Crippen molar-refractivity contribution >= 4 is 22.9 Å². The quantitative estimate of drug-likeness (QED) is 0.935. The Morgan fingerprint density at radius 3 is 2.89 bits per heavy atom. The first kappa shape index (κ1) is 13.5. The molecule has 5 heteroatoms. The second-order valence-electron chi connectivity index (χ2n) is 4.07. The van der Waals surface area contributed by atoms with Crippen molar-refractivity contribution in [3.05, 3.63) is 50.2 Å². The van der Waals surface area contributed by atoms with Crippen LogP contribution < -0.4 is 5.73 Å². The summed E-state index contributed by atoms with van der Waals surface area (Å²) in [6, 6.07) is 4.46. The summed E-state index contributed by atoms with van der Waals surface area (Å²) in [6.07, 6.45) is 1.48. The predicted molar refractivity (Wildman–Crippen MR) is 73.8 cm³/mol. The molecule has 2 aromatic rings. The van der Waals surface area contributed by atoms with Crippen LogP contribution in [0.5, 0.6) is 0 Å². The fraction of sp³-hybridized carbons (Fsp3) is 0.308. The first-order valence-corrected chi connectivity index (χ1v) is 6.88. The van der Waals surface area contributed by atoms with Gasteiger partial charge >= 0.3 is 0 Å². The number of nitrogens with two attached hydrogens (primary N) is 1. The highest BCUT2D eigenvalue weighted by atomic mass is 35.5. The number of hydrogen-bond donors (Lipinski definition) is 1. The monoisotopic (exact) mass is 284 g/mol. The molecule has 0 aliphatic heterocycles. The smallest absolute Gasteiger partial charge is 0.124 e. The van der Waals surface area contributed by atoms with E-state index in [9.17, 15) is 4.39 Å². The van der Waals surface area contributed by atoms with E-state index in [-0.39, 0.29) is 5.82 Å². The second kappa shape index (κ2) is 5.78. The zero-order chi connectivity index (χ0) is 13.1. The maximum absolute atomic E-state index is 12.9. The number of aryl methyl sites for hydroxylation is 1. The lowest BCUT2D eigenvalue weighted by atomic mass is 10.1. The molecule has 0 atom stereocenters. The van der Waals surface area contributed by atoms with Crippen molar-refractivity contribution in [3.63, 3.8) is 0 Å². The van der Waals surface area contributed by atoms with Crippen LogP contribution in [0.2, 0.25) is 5.02 Å². The lowest BCUT2D eigenvalue weighted by Crippen LogP contribution is -2.01. The lowest BCUT2D eigenvalue weighted by molar-refractivity contribution is 0.627. The van der Waals surface area contributed by atoms with Gasteiger partial charge < -0.3 is 5.73 Å². The van der Waals surface area contributed by atoms with Gasteiger partial charge in [-0.1, -0.05) is 17.7 Å². The Balaban J connectivity index is 2.20. The van der Waals surface area contributed by atoms with E-state index in [1.807, 2.05) is 6.92 Å². The van der Waals surface area contributed by atoms with Crippen molar-refractivity contribution in [2.75, 3.05) is 6.54 Å². The molecular weight excluding hydrogens is 271 g/mol. The molecule has 0 radical (unpaired) electrons. The summed E-state index contributed by atoms with van der Waals surface area (Å²) in [6.45, 7) is 2.61. The average molecular weight is 285 g/mol. The first-order valence-electron chi connectivity index (χ1n) is 5.69. The lowest BCUT2D eigenvalue weighted by Gasteiger charge is -2.01. The van der Waals surface area contributed by atoms with Gasteiger partial charge in [0.25, 0.3) is 0 Å². The van der Waals surface area contributed by atoms with Gasteiger partial charge in [0.2, 0.25) is 0 Å². The molecule has 1 aromatic carbocycles. The number of thiazole rings is 1. The van der Waals surface area contributed by atoms with Crippen LogP contribution in [-0.4, -0.2) is 11.5 Å². The Morgan fingerprint density at radius 2 is 2.22 bits per heavy atom. The number of nitrogens with zero attached hydrogens (tertiary/aromatic N) is 1. The van der Waals surface area contributed by atoms with E-state index in [1.165, 1.54) is 17.0 Å². The summed E-state index contributed by atoms with van der Waals surface area (Å²) in [5, 5.41) is 1.44. The Kier molecular flexibility index (Phi) is 4.32. The minimum Gasteiger partial charge on any atom is -0.330 e. The summed E-state index contributed by atoms with van der Waals surface area (Å²) < 4.78 is 12.9. The normalized spacial score (nSPS) is 10.9. The fourth-order valence-electron chi connectivity index (χ4n) is 1.75. The van der Waals surface area contributed by atoms with E-state index in [0.29, 0.717) is 18.0 Å². The van der Waals surface area contributed by atoms with Gasteiger partial charge in [0.15, 0.2) is 0 Å². The fourth-order valence-corrected chi connectivity index (χ4v) is 3.10. The molecule has 1 heterocycles. The van der Waals surface area contributed by atoms with Crippen LogP contribution in [0.4, 0.5) is 4.39 Å². The Bertz CT molecular complexity index is 554. The molecule has 0 spiro atoms. The summed E-state index contributed by atoms with van der Waals surface area (Å²) in [7, 11) is 0. The number of halogens is 2. The van der Waals surface area contributed by atoms with Gasteiger partial charge in [-0.15, -0.1) is 11.3 Å². The third kappa shape index (κ3) is 3.07. The Hall–Kier alpha value is -0.970. The van der Waals surface area contributed by atoms with Crippen LogP contribution in [-0.2, 0) is 12.8 Å². The zero-order valence-electron chi connectivity index (χ0n) is 10.0. The van der Waals surface area contributed by atoms with Crippen molar-refractivity contribution in [2.24, 2.45) is 5.73 Å². The largest absolute Gasteiger partial charge is 0.330 e. The van der Waals surface area contributed by atoms with Crippen LogP contribution in [0.1, 0.15) is 21.1 Å². The highest BCUT2D eigenvalue weighted by molar-refractivity contribution is 7.11. The van der Waals surface area contributed by atoms with Crippen LogP contribution in [0.3, 0.4) is 0 Å². The van der Waals surface area contributed by atoms with Crippen molar-refractivity contribution in [3.8, 4) is 0 Å². The SMILES string of the molecule is Cc1nc(Cc2ccc(F)cc2Cl)sc1CCN. The number of benzene rings is 1. The molecular formula is C13H14ClFN2S. The third-order valence-electron chi connectivity index (χ3n) is 2.67. The molecule has 2 rings (SSSR count). The summed E-state index contributed by atoms with van der Waals surface area (Å²) in [5.41, 5.74) is 7.47. The van der Waals surface area contributed by atoms with Gasteiger partial charge in [-0.2, -0.15) is 0 Å². The molecule has 0 amide bonds. The molecule has 0 unspecified atom stereocenters. The molecule has 2 nitrogen and oxygen atoms in total. The second-order valence-corrected chi connectivity index (χ2v) is 5.64. The minimum atomic E-state index is -0.317. The van der Waals surface area contributed by atoms with E-state index in [0.717, 1.165) is 22.7 Å². The van der Waals surface area contributed by atoms with E-state index < -0.39 is 0 Å². The average Bonchev–Trinajstić information content (AvgIpc) is 2.64. The molecule has 0 fully saturated rings. The molecule has 18 heavy (non-hydrogen) atoms. The zero-order valence-corrected chi connectivity index (χ0v) is 11.6. The number of aromatic nitrogens is 1. The minimum absolute atomic E-state index is 0.317. The molecule has 0 aliphatic carbocycles. The molecule has 0 saturated carbocycles. The Labute approximate surface area is 115 Å². The number of hydrogen-bond acceptors (Lipinski definition) is 3. The van der Waals surface area contributed by atoms with Crippen LogP contribution in [0.25, 0.3) is 0 Å². The molecule has 96 valence electrons. The summed E-state index contributed by atoms with van der Waals surface area (Å²) in [5.74, 6) is -0.317. The van der Waals surface area contributed by atoms with Crippen LogP contribution in [0.15, 0.2) is 18.2 Å². The number of rotatable bonds is 4. The molecule has 0 saturated heterocycles. The molecule has 0 bridgehead atoms. The van der Waals surface area contributed by atoms with E-state index in [1.54, 1.807) is 17.4 Å². The van der Waals surface area contributed by atoms with E-state index >= 15 is 0 Å². The van der Waals surface area contributed by atoms with Crippen molar-refractivity contribution in [1.29, 1.82) is 0 Å². The van der Waals surface area contributed by atoms with Gasteiger partial charge in [-0.25, -0.2) is 9.37 Å². The van der Waals surface area contributed by atoms with Gasteiger partial charge in [0, 0.05) is 16.3 Å². The maximum atomic E-state index is 12.9. The third-order valence-corrected chi connectivity index (χ3v) is 4.23. The topological polar surface area (TPSA) is 38.9 Å². The summed E-state index contributed by atoms with van der Waals surface area (Å²) >= 11 is 7.65. The van der Waals surface area contributed by atoms with Crippen LogP contribution >= 0.6 is 22.9 Å². The van der Waals surface area contributed by atoms with Crippen LogP contribution in [0, 0.1) is 12.7 Å². The van der Waals surface area contributed by atoms with E-state index in [4.69, 9.17) is 17.3 Å². The molecule has 1 aromatic heterocycles. The van der Waals surface area contributed by atoms with Gasteiger partial charge in [-0.3, -0.25) is 0 Å². The highest BCUT2D eigenvalue weighted by Gasteiger charge is 2.09. The molecule has 2 N–H and O–H groups in total. The summed E-state index contributed by atoms with van der Waals surface area (Å²) in [4.78, 5) is 5.71. The highest BCUT2D eigenvalue weighted by Crippen LogP contribution is 2.25. The Morgan fingerprint density at radius 1 is 1.44 bits per heavy atom. The van der Waals surface area contributed by atoms with Gasteiger partial charge in [-0.05, 0) is 37.6 Å². The predicted octanol–water partition coefficient (Wildman–Crippen LogP) is 3.34. The van der Waals surface area contributed by atoms with Gasteiger partial charge in [0.1, 0.15) is 5.82 Å². The van der Waals surface area contributed by atoms with Gasteiger partial charge in [0.05, 0.1) is 10.7 Å². The van der Waals surface area contributed by atoms with Crippen molar-refractivity contribution < 1.29 is 4.39 Å². The molecule has 0 aliphatic rings. The van der Waals surface area contributed by atoms with E-state index in [2.05, 4.69) is 4.98 Å². The van der Waals surface area contributed by atoms with Crippen molar-refractivity contribution in [1.82, 2.24) is 4.98 Å². The first-order chi connectivity index (χ1) is 8.60. The maximum Gasteiger partial charge on any atom is 0.124 e. The van der Waals surface area contributed by atoms with Crippen molar-refractivity contribution in [2.45, 2.75) is 19.8 Å². The standard InChI is InChI=1S/C13H14ClFN2S/c1-8-12(4-5-16)18-13(17-8)6-9-2-3-10(15)7-11(9)14/h2-3,7H,4-6,16H2,1H3.